The van der Waals surface area contributed by atoms with E-state index in [0.29, 0.717) is 18.7 Å². The Balaban J connectivity index is 1.59. The highest BCUT2D eigenvalue weighted by atomic mass is 16.6. The van der Waals surface area contributed by atoms with Crippen LogP contribution in [-0.4, -0.2) is 51.2 Å². The molecular formula is C20H28N4O3. The lowest BCUT2D eigenvalue weighted by atomic mass is 10.0. The Hall–Kier alpha value is -2.57. The molecular weight excluding hydrogens is 344 g/mol. The van der Waals surface area contributed by atoms with E-state index in [4.69, 9.17) is 4.74 Å². The Kier molecular flexibility index (Phi) is 5.13. The predicted molar refractivity (Wildman–Crippen MR) is 104 cm³/mol. The number of carbonyl (C=O) groups excluding carboxylic acids is 2. The van der Waals surface area contributed by atoms with Crippen molar-refractivity contribution >= 4 is 23.0 Å². The van der Waals surface area contributed by atoms with Crippen LogP contribution in [0.5, 0.6) is 0 Å². The number of alkyl carbamates (subject to hydrolysis) is 1. The summed E-state index contributed by atoms with van der Waals surface area (Å²) in [6.07, 6.45) is 1.04. The average molecular weight is 372 g/mol. The molecule has 2 heterocycles. The maximum atomic E-state index is 12.8. The van der Waals surface area contributed by atoms with Crippen LogP contribution in [0, 0.1) is 6.92 Å². The highest BCUT2D eigenvalue weighted by molar-refractivity contribution is 5.97. The molecule has 1 saturated heterocycles. The Morgan fingerprint density at radius 2 is 1.89 bits per heavy atom. The molecule has 7 nitrogen and oxygen atoms in total. The Labute approximate surface area is 159 Å². The minimum absolute atomic E-state index is 0.0101. The number of nitrogens with one attached hydrogen (secondary N) is 1. The van der Waals surface area contributed by atoms with Gasteiger partial charge in [-0.05, 0) is 58.7 Å². The second kappa shape index (κ2) is 7.21. The number of hydrogen-bond acceptors (Lipinski definition) is 4. The van der Waals surface area contributed by atoms with Gasteiger partial charge in [-0.1, -0.05) is 0 Å². The Morgan fingerprint density at radius 3 is 2.52 bits per heavy atom. The number of rotatable bonds is 2. The van der Waals surface area contributed by atoms with Gasteiger partial charge in [-0.2, -0.15) is 0 Å². The fourth-order valence-electron chi connectivity index (χ4n) is 3.34. The molecule has 0 unspecified atom stereocenters. The van der Waals surface area contributed by atoms with Gasteiger partial charge in [-0.15, -0.1) is 0 Å². The summed E-state index contributed by atoms with van der Waals surface area (Å²) in [7, 11) is 1.97. The third kappa shape index (κ3) is 4.40. The number of aryl methyl sites for hydroxylation is 2. The van der Waals surface area contributed by atoms with Crippen LogP contribution in [-0.2, 0) is 11.8 Å². The number of imidazole rings is 1. The average Bonchev–Trinajstić information content (AvgIpc) is 2.87. The molecule has 146 valence electrons. The van der Waals surface area contributed by atoms with Gasteiger partial charge >= 0.3 is 6.09 Å². The van der Waals surface area contributed by atoms with Gasteiger partial charge in [0.2, 0.25) is 0 Å². The van der Waals surface area contributed by atoms with E-state index in [1.54, 1.807) is 0 Å². The zero-order chi connectivity index (χ0) is 19.8. The quantitative estimate of drug-likeness (QED) is 0.879. The van der Waals surface area contributed by atoms with E-state index >= 15 is 0 Å². The first-order valence-corrected chi connectivity index (χ1v) is 9.36. The van der Waals surface area contributed by atoms with Crippen LogP contribution in [0.3, 0.4) is 0 Å². The Morgan fingerprint density at radius 1 is 1.22 bits per heavy atom. The van der Waals surface area contributed by atoms with Gasteiger partial charge in [0.15, 0.2) is 0 Å². The van der Waals surface area contributed by atoms with Crippen molar-refractivity contribution in [3.63, 3.8) is 0 Å². The highest BCUT2D eigenvalue weighted by Gasteiger charge is 2.26. The van der Waals surface area contributed by atoms with Crippen LogP contribution < -0.4 is 5.32 Å². The van der Waals surface area contributed by atoms with Crippen molar-refractivity contribution in [1.82, 2.24) is 19.8 Å². The number of piperidine rings is 1. The fourth-order valence-corrected chi connectivity index (χ4v) is 3.34. The maximum Gasteiger partial charge on any atom is 0.407 e. The first-order chi connectivity index (χ1) is 12.6. The number of hydrogen-bond donors (Lipinski definition) is 1. The zero-order valence-corrected chi connectivity index (χ0v) is 16.7. The number of amides is 2. The van der Waals surface area contributed by atoms with Crippen LogP contribution in [0.1, 0.15) is 49.8 Å². The van der Waals surface area contributed by atoms with Gasteiger partial charge in [0, 0.05) is 31.7 Å². The van der Waals surface area contributed by atoms with E-state index in [9.17, 15) is 9.59 Å². The number of benzene rings is 1. The maximum absolute atomic E-state index is 12.8. The number of aromatic nitrogens is 2. The molecule has 7 heteroatoms. The summed E-state index contributed by atoms with van der Waals surface area (Å²) in [5.74, 6) is 0.930. The van der Waals surface area contributed by atoms with Crippen molar-refractivity contribution in [1.29, 1.82) is 0 Å². The van der Waals surface area contributed by atoms with Gasteiger partial charge < -0.3 is 19.5 Å². The van der Waals surface area contributed by atoms with Crippen LogP contribution in [0.15, 0.2) is 18.2 Å². The number of fused-ring (bicyclic) bond motifs is 1. The van der Waals surface area contributed by atoms with Crippen molar-refractivity contribution in [2.45, 2.75) is 52.2 Å². The minimum atomic E-state index is -0.511. The van der Waals surface area contributed by atoms with Gasteiger partial charge in [0.1, 0.15) is 11.4 Å². The van der Waals surface area contributed by atoms with E-state index in [-0.39, 0.29) is 11.9 Å². The van der Waals surface area contributed by atoms with Crippen molar-refractivity contribution in [2.75, 3.05) is 13.1 Å². The van der Waals surface area contributed by atoms with Crippen LogP contribution in [0.2, 0.25) is 0 Å². The van der Waals surface area contributed by atoms with E-state index in [1.165, 1.54) is 0 Å². The summed E-state index contributed by atoms with van der Waals surface area (Å²) >= 11 is 0. The molecule has 1 fully saturated rings. The summed E-state index contributed by atoms with van der Waals surface area (Å²) in [6.45, 7) is 8.69. The highest BCUT2D eigenvalue weighted by Crippen LogP contribution is 2.20. The number of nitrogens with zero attached hydrogens (tertiary/aromatic N) is 3. The molecule has 0 spiro atoms. The summed E-state index contributed by atoms with van der Waals surface area (Å²) in [5, 5.41) is 2.90. The standard InChI is InChI=1S/C20H28N4O3/c1-13-21-16-12-14(6-7-17(16)23(13)5)18(25)24-10-8-15(9-11-24)22-19(26)27-20(2,3)4/h6-7,12,15H,8-11H2,1-5H3,(H,22,26). The fraction of sp³-hybridized carbons (Fsp3) is 0.550. The van der Waals surface area contributed by atoms with Crippen molar-refractivity contribution in [3.8, 4) is 0 Å². The molecule has 3 rings (SSSR count). The second-order valence-electron chi connectivity index (χ2n) is 8.13. The monoisotopic (exact) mass is 372 g/mol. The van der Waals surface area contributed by atoms with Gasteiger partial charge in [0.25, 0.3) is 5.91 Å². The van der Waals surface area contributed by atoms with Crippen molar-refractivity contribution < 1.29 is 14.3 Å². The van der Waals surface area contributed by atoms with E-state index < -0.39 is 11.7 Å². The first-order valence-electron chi connectivity index (χ1n) is 9.36. The molecule has 1 aliphatic heterocycles. The SMILES string of the molecule is Cc1nc2cc(C(=O)N3CCC(NC(=O)OC(C)(C)C)CC3)ccc2n1C. The molecule has 0 bridgehead atoms. The van der Waals surface area contributed by atoms with Crippen molar-refractivity contribution in [2.24, 2.45) is 7.05 Å². The lowest BCUT2D eigenvalue weighted by molar-refractivity contribution is 0.0473. The molecule has 1 aliphatic rings. The summed E-state index contributed by atoms with van der Waals surface area (Å²) < 4.78 is 7.31. The van der Waals surface area contributed by atoms with E-state index in [1.807, 2.05) is 62.4 Å². The summed E-state index contributed by atoms with van der Waals surface area (Å²) in [4.78, 5) is 31.1. The van der Waals surface area contributed by atoms with Crippen LogP contribution in [0.25, 0.3) is 11.0 Å². The van der Waals surface area contributed by atoms with Gasteiger partial charge in [0.05, 0.1) is 11.0 Å². The molecule has 0 aliphatic carbocycles. The molecule has 1 aromatic carbocycles. The summed E-state index contributed by atoms with van der Waals surface area (Å²) in [5.41, 5.74) is 1.99. The Bertz CT molecular complexity index is 858. The van der Waals surface area contributed by atoms with Gasteiger partial charge in [-0.25, -0.2) is 9.78 Å². The largest absolute Gasteiger partial charge is 0.444 e. The number of carbonyl (C=O) groups is 2. The topological polar surface area (TPSA) is 76.5 Å². The first kappa shape index (κ1) is 19.2. The minimum Gasteiger partial charge on any atom is -0.444 e. The molecule has 0 saturated carbocycles. The predicted octanol–water partition coefficient (Wildman–Crippen LogP) is 3.01. The molecule has 2 amide bonds. The summed E-state index contributed by atoms with van der Waals surface area (Å²) in [6, 6.07) is 5.69. The molecule has 1 aromatic heterocycles. The molecule has 1 N–H and O–H groups in total. The molecule has 0 radical (unpaired) electrons. The van der Waals surface area contributed by atoms with Gasteiger partial charge in [-0.3, -0.25) is 4.79 Å². The zero-order valence-electron chi connectivity index (χ0n) is 16.7. The van der Waals surface area contributed by atoms with E-state index in [0.717, 1.165) is 29.7 Å². The normalized spacial score (nSPS) is 15.8. The third-order valence-electron chi connectivity index (χ3n) is 4.85. The number of ether oxygens (including phenoxy) is 1. The van der Waals surface area contributed by atoms with Crippen LogP contribution in [0.4, 0.5) is 4.79 Å². The number of likely N-dealkylation sites (tertiary alicyclic amines) is 1. The van der Waals surface area contributed by atoms with Crippen LogP contribution >= 0.6 is 0 Å². The molecule has 0 atom stereocenters. The lowest BCUT2D eigenvalue weighted by Crippen LogP contribution is -2.47. The second-order valence-corrected chi connectivity index (χ2v) is 8.13. The van der Waals surface area contributed by atoms with Crippen molar-refractivity contribution in [3.05, 3.63) is 29.6 Å². The molecule has 2 aromatic rings. The van der Waals surface area contributed by atoms with E-state index in [2.05, 4.69) is 10.3 Å². The lowest BCUT2D eigenvalue weighted by Gasteiger charge is -2.33. The molecule has 27 heavy (non-hydrogen) atoms. The smallest absolute Gasteiger partial charge is 0.407 e. The third-order valence-corrected chi connectivity index (χ3v) is 4.85.